The van der Waals surface area contributed by atoms with Gasteiger partial charge in [-0.25, -0.2) is 0 Å². The van der Waals surface area contributed by atoms with Crippen LogP contribution in [0.4, 0.5) is 0 Å². The van der Waals surface area contributed by atoms with Gasteiger partial charge in [0.05, 0.1) is 11.8 Å². The number of hydrogen-bond acceptors (Lipinski definition) is 5. The van der Waals surface area contributed by atoms with Gasteiger partial charge in [-0.1, -0.05) is 30.3 Å². The van der Waals surface area contributed by atoms with Crippen molar-refractivity contribution >= 4 is 5.91 Å². The third kappa shape index (κ3) is 4.91. The van der Waals surface area contributed by atoms with Gasteiger partial charge in [0.2, 0.25) is 0 Å². The molecule has 7 heteroatoms. The second kappa shape index (κ2) is 8.88. The monoisotopic (exact) mass is 411 g/mol. The van der Waals surface area contributed by atoms with E-state index in [1.807, 2.05) is 43.2 Å². The SMILES string of the molecule is CN1C[C@H](C(=O)N(C)Cc2ccccc2)OC2(CCN(Cc3cnn(C)c3)CC2)C1. The van der Waals surface area contributed by atoms with E-state index < -0.39 is 6.10 Å². The molecule has 0 bridgehead atoms. The van der Waals surface area contributed by atoms with Crippen LogP contribution in [-0.2, 0) is 29.7 Å². The molecule has 0 aliphatic carbocycles. The van der Waals surface area contributed by atoms with Crippen LogP contribution < -0.4 is 0 Å². The number of aromatic nitrogens is 2. The number of likely N-dealkylation sites (N-methyl/N-ethyl adjacent to an activating group) is 2. The molecule has 7 nitrogen and oxygen atoms in total. The average Bonchev–Trinajstić information content (AvgIpc) is 3.14. The van der Waals surface area contributed by atoms with E-state index in [0.717, 1.165) is 44.6 Å². The number of benzene rings is 1. The van der Waals surface area contributed by atoms with Gasteiger partial charge in [-0.15, -0.1) is 0 Å². The highest BCUT2D eigenvalue weighted by molar-refractivity contribution is 5.81. The predicted octanol–water partition coefficient (Wildman–Crippen LogP) is 1.74. The zero-order valence-corrected chi connectivity index (χ0v) is 18.3. The maximum absolute atomic E-state index is 13.1. The van der Waals surface area contributed by atoms with Crippen molar-refractivity contribution in [2.75, 3.05) is 40.3 Å². The summed E-state index contributed by atoms with van der Waals surface area (Å²) >= 11 is 0. The van der Waals surface area contributed by atoms with E-state index in [0.29, 0.717) is 13.1 Å². The molecule has 30 heavy (non-hydrogen) atoms. The summed E-state index contributed by atoms with van der Waals surface area (Å²) in [5, 5.41) is 4.27. The molecule has 0 N–H and O–H groups in total. The molecular weight excluding hydrogens is 378 g/mol. The van der Waals surface area contributed by atoms with Crippen molar-refractivity contribution in [3.63, 3.8) is 0 Å². The van der Waals surface area contributed by atoms with E-state index in [2.05, 4.69) is 40.3 Å². The molecule has 0 unspecified atom stereocenters. The van der Waals surface area contributed by atoms with Gasteiger partial charge in [0, 0.05) is 65.1 Å². The minimum atomic E-state index is -0.401. The van der Waals surface area contributed by atoms with E-state index in [-0.39, 0.29) is 11.5 Å². The largest absolute Gasteiger partial charge is 0.359 e. The highest BCUT2D eigenvalue weighted by atomic mass is 16.5. The van der Waals surface area contributed by atoms with Crippen LogP contribution in [0.15, 0.2) is 42.7 Å². The number of hydrogen-bond donors (Lipinski definition) is 0. The maximum atomic E-state index is 13.1. The van der Waals surface area contributed by atoms with Crippen molar-refractivity contribution in [1.82, 2.24) is 24.5 Å². The average molecular weight is 412 g/mol. The van der Waals surface area contributed by atoms with Crippen molar-refractivity contribution in [2.24, 2.45) is 7.05 Å². The molecule has 2 saturated heterocycles. The Hall–Kier alpha value is -2.22. The third-order valence-corrected chi connectivity index (χ3v) is 6.27. The maximum Gasteiger partial charge on any atom is 0.253 e. The molecule has 1 aromatic heterocycles. The lowest BCUT2D eigenvalue weighted by Gasteiger charge is -2.49. The summed E-state index contributed by atoms with van der Waals surface area (Å²) in [6, 6.07) is 10.1. The van der Waals surface area contributed by atoms with Crippen molar-refractivity contribution in [3.8, 4) is 0 Å². The third-order valence-electron chi connectivity index (χ3n) is 6.27. The first kappa shape index (κ1) is 21.0. The fourth-order valence-corrected chi connectivity index (χ4v) is 4.73. The molecule has 2 aliphatic rings. The lowest BCUT2D eigenvalue weighted by Crippen LogP contribution is -2.61. The molecule has 2 aliphatic heterocycles. The molecular formula is C23H33N5O2. The minimum Gasteiger partial charge on any atom is -0.359 e. The van der Waals surface area contributed by atoms with Crippen LogP contribution in [0, 0.1) is 0 Å². The van der Waals surface area contributed by atoms with Gasteiger partial charge in [0.1, 0.15) is 6.10 Å². The standard InChI is InChI=1S/C23H33N5O2/c1-25-17-21(22(29)26(2)14-19-7-5-4-6-8-19)30-23(18-25)9-11-28(12-10-23)16-20-13-24-27(3)15-20/h4-8,13,15,21H,9-12,14,16-18H2,1-3H3/t21-/m1/s1. The number of rotatable bonds is 5. The van der Waals surface area contributed by atoms with E-state index in [9.17, 15) is 4.79 Å². The summed E-state index contributed by atoms with van der Waals surface area (Å²) in [7, 11) is 5.92. The Labute approximate surface area is 179 Å². The second-order valence-corrected chi connectivity index (χ2v) is 8.96. The van der Waals surface area contributed by atoms with Gasteiger partial charge < -0.3 is 14.5 Å². The molecule has 162 valence electrons. The molecule has 4 rings (SSSR count). The molecule has 1 atom stereocenters. The fourth-order valence-electron chi connectivity index (χ4n) is 4.73. The minimum absolute atomic E-state index is 0.0718. The number of piperidine rings is 1. The first-order valence-corrected chi connectivity index (χ1v) is 10.8. The number of nitrogens with zero attached hydrogens (tertiary/aromatic N) is 5. The Morgan fingerprint density at radius 3 is 2.60 bits per heavy atom. The Morgan fingerprint density at radius 1 is 1.20 bits per heavy atom. The molecule has 0 radical (unpaired) electrons. The molecule has 2 aromatic rings. The predicted molar refractivity (Wildman–Crippen MR) is 116 cm³/mol. The van der Waals surface area contributed by atoms with Crippen LogP contribution >= 0.6 is 0 Å². The molecule has 0 saturated carbocycles. The first-order valence-electron chi connectivity index (χ1n) is 10.8. The van der Waals surface area contributed by atoms with Crippen LogP contribution in [0.1, 0.15) is 24.0 Å². The van der Waals surface area contributed by atoms with Crippen LogP contribution in [-0.4, -0.2) is 82.4 Å². The second-order valence-electron chi connectivity index (χ2n) is 8.96. The molecule has 3 heterocycles. The smallest absolute Gasteiger partial charge is 0.253 e. The Bertz CT molecular complexity index is 844. The zero-order chi connectivity index (χ0) is 21.1. The van der Waals surface area contributed by atoms with E-state index >= 15 is 0 Å². The van der Waals surface area contributed by atoms with Crippen molar-refractivity contribution in [3.05, 3.63) is 53.9 Å². The molecule has 2 fully saturated rings. The number of amides is 1. The van der Waals surface area contributed by atoms with Gasteiger partial charge in [-0.3, -0.25) is 14.4 Å². The number of likely N-dealkylation sites (tertiary alicyclic amines) is 1. The number of carbonyl (C=O) groups excluding carboxylic acids is 1. The van der Waals surface area contributed by atoms with Crippen molar-refractivity contribution in [1.29, 1.82) is 0 Å². The van der Waals surface area contributed by atoms with E-state index in [1.165, 1.54) is 5.56 Å². The Kier molecular flexibility index (Phi) is 6.22. The number of aryl methyl sites for hydroxylation is 1. The normalized spacial score (nSPS) is 22.3. The van der Waals surface area contributed by atoms with Crippen LogP contribution in [0.25, 0.3) is 0 Å². The van der Waals surface area contributed by atoms with Gasteiger partial charge in [0.25, 0.3) is 5.91 Å². The zero-order valence-electron chi connectivity index (χ0n) is 18.3. The van der Waals surface area contributed by atoms with E-state index in [1.54, 1.807) is 4.90 Å². The van der Waals surface area contributed by atoms with Crippen LogP contribution in [0.2, 0.25) is 0 Å². The number of ether oxygens (including phenoxy) is 1. The summed E-state index contributed by atoms with van der Waals surface area (Å²) in [4.78, 5) is 19.7. The summed E-state index contributed by atoms with van der Waals surface area (Å²) < 4.78 is 8.38. The lowest BCUT2D eigenvalue weighted by molar-refractivity contribution is -0.188. The summed E-state index contributed by atoms with van der Waals surface area (Å²) in [6.07, 6.45) is 5.51. The van der Waals surface area contributed by atoms with Gasteiger partial charge in [0.15, 0.2) is 0 Å². The summed E-state index contributed by atoms with van der Waals surface area (Å²) in [5.41, 5.74) is 2.15. The molecule has 1 spiro atoms. The Balaban J connectivity index is 1.35. The number of carbonyl (C=O) groups is 1. The Morgan fingerprint density at radius 2 is 1.93 bits per heavy atom. The topological polar surface area (TPSA) is 53.8 Å². The number of morpholine rings is 1. The van der Waals surface area contributed by atoms with E-state index in [4.69, 9.17) is 4.74 Å². The van der Waals surface area contributed by atoms with Gasteiger partial charge in [-0.05, 0) is 25.5 Å². The van der Waals surface area contributed by atoms with Gasteiger partial charge >= 0.3 is 0 Å². The van der Waals surface area contributed by atoms with Crippen molar-refractivity contribution < 1.29 is 9.53 Å². The summed E-state index contributed by atoms with van der Waals surface area (Å²) in [6.45, 7) is 5.02. The molecule has 1 amide bonds. The van der Waals surface area contributed by atoms with Crippen molar-refractivity contribution in [2.45, 2.75) is 37.6 Å². The summed E-state index contributed by atoms with van der Waals surface area (Å²) in [5.74, 6) is 0.0718. The molecule has 1 aromatic carbocycles. The first-order chi connectivity index (χ1) is 14.4. The van der Waals surface area contributed by atoms with Crippen LogP contribution in [0.5, 0.6) is 0 Å². The quantitative estimate of drug-likeness (QED) is 0.750. The highest BCUT2D eigenvalue weighted by Crippen LogP contribution is 2.33. The highest BCUT2D eigenvalue weighted by Gasteiger charge is 2.44. The van der Waals surface area contributed by atoms with Crippen LogP contribution in [0.3, 0.4) is 0 Å². The lowest BCUT2D eigenvalue weighted by atomic mass is 9.88. The van der Waals surface area contributed by atoms with Gasteiger partial charge in [-0.2, -0.15) is 5.10 Å². The fraction of sp³-hybridized carbons (Fsp3) is 0.565.